The van der Waals surface area contributed by atoms with Gasteiger partial charge in [0, 0.05) is 10.7 Å². The van der Waals surface area contributed by atoms with Crippen LogP contribution in [0.5, 0.6) is 0 Å². The minimum absolute atomic E-state index is 0.778. The van der Waals surface area contributed by atoms with Gasteiger partial charge in [-0.05, 0) is 62.3 Å². The Labute approximate surface area is 132 Å². The van der Waals surface area contributed by atoms with E-state index in [1.165, 1.54) is 55.5 Å². The maximum atomic E-state index is 6.15. The van der Waals surface area contributed by atoms with E-state index in [9.17, 15) is 0 Å². The lowest BCUT2D eigenvalue weighted by Crippen LogP contribution is -2.07. The Morgan fingerprint density at radius 3 is 2.86 bits per heavy atom. The van der Waals surface area contributed by atoms with E-state index in [1.54, 1.807) is 0 Å². The highest BCUT2D eigenvalue weighted by atomic mass is 35.5. The number of hydrogen-bond donors (Lipinski definition) is 0. The first-order valence-corrected chi connectivity index (χ1v) is 8.53. The third-order valence-electron chi connectivity index (χ3n) is 4.33. The van der Waals surface area contributed by atoms with Crippen molar-refractivity contribution in [3.63, 3.8) is 0 Å². The van der Waals surface area contributed by atoms with Crippen LogP contribution in [-0.2, 0) is 19.3 Å². The number of benzene rings is 1. The fourth-order valence-electron chi connectivity index (χ4n) is 3.24. The van der Waals surface area contributed by atoms with Crippen molar-refractivity contribution in [1.82, 2.24) is 9.78 Å². The molecule has 0 unspecified atom stereocenters. The number of aryl methyl sites for hydroxylation is 1. The van der Waals surface area contributed by atoms with E-state index in [2.05, 4.69) is 17.7 Å². The van der Waals surface area contributed by atoms with Crippen LogP contribution in [0.25, 0.3) is 5.69 Å². The Kier molecular flexibility index (Phi) is 4.64. The maximum Gasteiger partial charge on any atom is 0.0663 e. The predicted molar refractivity (Wildman–Crippen MR) is 88.4 cm³/mol. The van der Waals surface area contributed by atoms with Crippen LogP contribution < -0.4 is 0 Å². The zero-order valence-corrected chi connectivity index (χ0v) is 13.5. The number of nitrogens with zero attached hydrogens (tertiary/aromatic N) is 2. The average Bonchev–Trinajstić information content (AvgIpc) is 2.87. The molecular formula is C18H23ClN2. The lowest BCUT2D eigenvalue weighted by molar-refractivity contribution is 0.652. The summed E-state index contributed by atoms with van der Waals surface area (Å²) >= 11 is 6.15. The minimum atomic E-state index is 0.778. The van der Waals surface area contributed by atoms with Crippen molar-refractivity contribution >= 4 is 11.6 Å². The monoisotopic (exact) mass is 302 g/mol. The van der Waals surface area contributed by atoms with Gasteiger partial charge in [0.15, 0.2) is 0 Å². The van der Waals surface area contributed by atoms with Crippen LogP contribution in [0.2, 0.25) is 5.02 Å². The van der Waals surface area contributed by atoms with E-state index in [0.29, 0.717) is 0 Å². The zero-order chi connectivity index (χ0) is 14.7. The van der Waals surface area contributed by atoms with Crippen molar-refractivity contribution in [3.05, 3.63) is 46.2 Å². The highest BCUT2D eigenvalue weighted by Gasteiger charge is 2.21. The third kappa shape index (κ3) is 3.16. The standard InChI is InChI=1S/C18H23ClN2/c1-2-3-4-11-17-16-10-5-6-12-18(16)21(20-17)15-9-7-8-14(19)13-15/h7-9,13H,2-6,10-12H2,1H3. The maximum absolute atomic E-state index is 6.15. The summed E-state index contributed by atoms with van der Waals surface area (Å²) in [5, 5.41) is 5.71. The second-order valence-electron chi connectivity index (χ2n) is 5.93. The summed E-state index contributed by atoms with van der Waals surface area (Å²) in [5.41, 5.74) is 5.34. The van der Waals surface area contributed by atoms with Gasteiger partial charge in [-0.1, -0.05) is 37.4 Å². The highest BCUT2D eigenvalue weighted by Crippen LogP contribution is 2.28. The second kappa shape index (κ2) is 6.65. The molecule has 112 valence electrons. The number of unbranched alkanes of at least 4 members (excludes halogenated alkanes) is 2. The molecule has 0 amide bonds. The van der Waals surface area contributed by atoms with Crippen molar-refractivity contribution in [1.29, 1.82) is 0 Å². The summed E-state index contributed by atoms with van der Waals surface area (Å²) in [4.78, 5) is 0. The molecule has 1 heterocycles. The van der Waals surface area contributed by atoms with Crippen LogP contribution in [0.15, 0.2) is 24.3 Å². The lowest BCUT2D eigenvalue weighted by atomic mass is 9.94. The Hall–Kier alpha value is -1.28. The quantitative estimate of drug-likeness (QED) is 0.699. The summed E-state index contributed by atoms with van der Waals surface area (Å²) in [6, 6.07) is 8.04. The van der Waals surface area contributed by atoms with Gasteiger partial charge in [-0.3, -0.25) is 0 Å². The molecule has 0 atom stereocenters. The Bertz CT molecular complexity index is 616. The van der Waals surface area contributed by atoms with Crippen LogP contribution in [0.4, 0.5) is 0 Å². The molecule has 3 rings (SSSR count). The van der Waals surface area contributed by atoms with E-state index in [0.717, 1.165) is 23.6 Å². The highest BCUT2D eigenvalue weighted by molar-refractivity contribution is 6.30. The summed E-state index contributed by atoms with van der Waals surface area (Å²) in [6.45, 7) is 2.25. The van der Waals surface area contributed by atoms with Crippen molar-refractivity contribution in [2.45, 2.75) is 58.3 Å². The van der Waals surface area contributed by atoms with Gasteiger partial charge in [-0.2, -0.15) is 5.10 Å². The first-order chi connectivity index (χ1) is 10.3. The molecule has 1 aliphatic carbocycles. The molecule has 0 saturated carbocycles. The molecule has 2 aromatic rings. The second-order valence-corrected chi connectivity index (χ2v) is 6.36. The van der Waals surface area contributed by atoms with Gasteiger partial charge in [-0.25, -0.2) is 4.68 Å². The number of hydrogen-bond acceptors (Lipinski definition) is 1. The molecule has 1 aliphatic rings. The van der Waals surface area contributed by atoms with Crippen molar-refractivity contribution < 1.29 is 0 Å². The van der Waals surface area contributed by atoms with Crippen molar-refractivity contribution in [2.75, 3.05) is 0 Å². The average molecular weight is 303 g/mol. The van der Waals surface area contributed by atoms with Gasteiger partial charge in [-0.15, -0.1) is 0 Å². The predicted octanol–water partition coefficient (Wildman–Crippen LogP) is 5.14. The van der Waals surface area contributed by atoms with Gasteiger partial charge >= 0.3 is 0 Å². The largest absolute Gasteiger partial charge is 0.237 e. The molecular weight excluding hydrogens is 280 g/mol. The van der Waals surface area contributed by atoms with E-state index < -0.39 is 0 Å². The number of rotatable bonds is 5. The molecule has 0 aliphatic heterocycles. The van der Waals surface area contributed by atoms with Crippen LogP contribution in [0.3, 0.4) is 0 Å². The lowest BCUT2D eigenvalue weighted by Gasteiger charge is -2.14. The Morgan fingerprint density at radius 2 is 2.05 bits per heavy atom. The van der Waals surface area contributed by atoms with Gasteiger partial charge in [0.2, 0.25) is 0 Å². The van der Waals surface area contributed by atoms with E-state index in [1.807, 2.05) is 18.2 Å². The fraction of sp³-hybridized carbons (Fsp3) is 0.500. The van der Waals surface area contributed by atoms with Gasteiger partial charge in [0.1, 0.15) is 0 Å². The molecule has 21 heavy (non-hydrogen) atoms. The van der Waals surface area contributed by atoms with E-state index in [-0.39, 0.29) is 0 Å². The number of halogens is 1. The number of aromatic nitrogens is 2. The van der Waals surface area contributed by atoms with Gasteiger partial charge in [0.25, 0.3) is 0 Å². The molecule has 0 saturated heterocycles. The molecule has 3 heteroatoms. The summed E-state index contributed by atoms with van der Waals surface area (Å²) in [6.07, 6.45) is 9.82. The summed E-state index contributed by atoms with van der Waals surface area (Å²) in [5.74, 6) is 0. The van der Waals surface area contributed by atoms with Crippen LogP contribution in [-0.4, -0.2) is 9.78 Å². The Morgan fingerprint density at radius 1 is 1.19 bits per heavy atom. The summed E-state index contributed by atoms with van der Waals surface area (Å²) < 4.78 is 2.14. The third-order valence-corrected chi connectivity index (χ3v) is 4.57. The first kappa shape index (κ1) is 14.6. The van der Waals surface area contributed by atoms with Crippen LogP contribution in [0, 0.1) is 0 Å². The van der Waals surface area contributed by atoms with Crippen LogP contribution >= 0.6 is 11.6 Å². The Balaban J connectivity index is 1.96. The van der Waals surface area contributed by atoms with Crippen molar-refractivity contribution in [2.24, 2.45) is 0 Å². The molecule has 1 aromatic heterocycles. The smallest absolute Gasteiger partial charge is 0.0663 e. The molecule has 0 radical (unpaired) electrons. The molecule has 0 fully saturated rings. The molecule has 0 spiro atoms. The van der Waals surface area contributed by atoms with E-state index in [4.69, 9.17) is 16.7 Å². The normalized spacial score (nSPS) is 14.2. The minimum Gasteiger partial charge on any atom is -0.237 e. The molecule has 0 N–H and O–H groups in total. The van der Waals surface area contributed by atoms with Crippen LogP contribution in [0.1, 0.15) is 56.0 Å². The number of fused-ring (bicyclic) bond motifs is 1. The fourth-order valence-corrected chi connectivity index (χ4v) is 3.42. The van der Waals surface area contributed by atoms with Gasteiger partial charge in [0.05, 0.1) is 11.4 Å². The van der Waals surface area contributed by atoms with E-state index >= 15 is 0 Å². The molecule has 1 aromatic carbocycles. The summed E-state index contributed by atoms with van der Waals surface area (Å²) in [7, 11) is 0. The first-order valence-electron chi connectivity index (χ1n) is 8.15. The van der Waals surface area contributed by atoms with Gasteiger partial charge < -0.3 is 0 Å². The molecule has 2 nitrogen and oxygen atoms in total. The topological polar surface area (TPSA) is 17.8 Å². The zero-order valence-electron chi connectivity index (χ0n) is 12.7. The van der Waals surface area contributed by atoms with Crippen molar-refractivity contribution in [3.8, 4) is 5.69 Å². The molecule has 0 bridgehead atoms. The SMILES string of the molecule is CCCCCc1nn(-c2cccc(Cl)c2)c2c1CCCC2.